The van der Waals surface area contributed by atoms with Crippen molar-refractivity contribution in [3.05, 3.63) is 65.4 Å². The van der Waals surface area contributed by atoms with Crippen molar-refractivity contribution in [3.63, 3.8) is 0 Å². The van der Waals surface area contributed by atoms with Crippen LogP contribution in [0.15, 0.2) is 48.5 Å². The van der Waals surface area contributed by atoms with E-state index in [9.17, 15) is 4.79 Å². The van der Waals surface area contributed by atoms with Gasteiger partial charge in [0.2, 0.25) is 0 Å². The molecule has 0 unspecified atom stereocenters. The van der Waals surface area contributed by atoms with Crippen LogP contribution in [0.25, 0.3) is 10.9 Å². The molecule has 3 aromatic rings. The molecule has 0 aliphatic carbocycles. The maximum Gasteiger partial charge on any atom is 0.262 e. The lowest BCUT2D eigenvalue weighted by molar-refractivity contribution is -0.118. The smallest absolute Gasteiger partial charge is 0.262 e. The highest BCUT2D eigenvalue weighted by molar-refractivity contribution is 6.00. The molecule has 0 aliphatic rings. The first-order chi connectivity index (χ1) is 11.5. The molecule has 122 valence electrons. The molecule has 4 nitrogen and oxygen atoms in total. The fourth-order valence-corrected chi connectivity index (χ4v) is 2.48. The molecule has 0 atom stereocenters. The third-order valence-corrected chi connectivity index (χ3v) is 3.98. The number of hydrogen-bond donors (Lipinski definition) is 1. The number of para-hydroxylation sites is 1. The predicted octanol–water partition coefficient (Wildman–Crippen LogP) is 4.18. The molecule has 0 spiro atoms. The van der Waals surface area contributed by atoms with Crippen LogP contribution in [0, 0.1) is 20.8 Å². The summed E-state index contributed by atoms with van der Waals surface area (Å²) in [7, 11) is 0. The Bertz CT molecular complexity index is 903. The number of nitrogens with zero attached hydrogens (tertiary/aromatic N) is 1. The first-order valence-electron chi connectivity index (χ1n) is 7.89. The Morgan fingerprint density at radius 1 is 1.04 bits per heavy atom. The number of pyridine rings is 1. The molecule has 0 fully saturated rings. The Morgan fingerprint density at radius 3 is 2.67 bits per heavy atom. The van der Waals surface area contributed by atoms with Gasteiger partial charge in [-0.3, -0.25) is 9.78 Å². The number of carbonyl (C=O) groups excluding carboxylic acids is 1. The summed E-state index contributed by atoms with van der Waals surface area (Å²) in [6.45, 7) is 5.96. The lowest BCUT2D eigenvalue weighted by Gasteiger charge is -2.10. The van der Waals surface area contributed by atoms with Crippen molar-refractivity contribution in [1.29, 1.82) is 0 Å². The zero-order valence-electron chi connectivity index (χ0n) is 14.1. The molecule has 0 saturated heterocycles. The number of benzene rings is 2. The van der Waals surface area contributed by atoms with Gasteiger partial charge in [0.1, 0.15) is 5.75 Å². The molecular weight excluding hydrogens is 300 g/mol. The summed E-state index contributed by atoms with van der Waals surface area (Å²) in [5.41, 5.74) is 4.74. The third kappa shape index (κ3) is 3.54. The summed E-state index contributed by atoms with van der Waals surface area (Å²) in [5.74, 6) is 0.490. The summed E-state index contributed by atoms with van der Waals surface area (Å²) in [4.78, 5) is 16.7. The van der Waals surface area contributed by atoms with E-state index in [1.54, 1.807) is 0 Å². The van der Waals surface area contributed by atoms with E-state index in [0.717, 1.165) is 22.2 Å². The highest BCUT2D eigenvalue weighted by Crippen LogP contribution is 2.22. The number of anilines is 1. The van der Waals surface area contributed by atoms with Crippen LogP contribution in [-0.2, 0) is 4.79 Å². The van der Waals surface area contributed by atoms with E-state index in [1.165, 1.54) is 5.56 Å². The van der Waals surface area contributed by atoms with Gasteiger partial charge < -0.3 is 10.1 Å². The van der Waals surface area contributed by atoms with Gasteiger partial charge in [-0.25, -0.2) is 0 Å². The second-order valence-corrected chi connectivity index (χ2v) is 5.91. The molecule has 1 aromatic heterocycles. The maximum absolute atomic E-state index is 12.2. The van der Waals surface area contributed by atoms with Gasteiger partial charge in [0.25, 0.3) is 5.91 Å². The van der Waals surface area contributed by atoms with Crippen molar-refractivity contribution in [2.24, 2.45) is 0 Å². The number of ether oxygens (including phenoxy) is 1. The Morgan fingerprint density at radius 2 is 1.88 bits per heavy atom. The maximum atomic E-state index is 12.2. The van der Waals surface area contributed by atoms with E-state index in [2.05, 4.69) is 10.3 Å². The van der Waals surface area contributed by atoms with Gasteiger partial charge in [0.05, 0.1) is 11.2 Å². The van der Waals surface area contributed by atoms with E-state index in [1.807, 2.05) is 69.3 Å². The number of aryl methyl sites for hydroxylation is 3. The summed E-state index contributed by atoms with van der Waals surface area (Å²) < 4.78 is 5.58. The molecule has 1 N–H and O–H groups in total. The average molecular weight is 320 g/mol. The first kappa shape index (κ1) is 16.0. The van der Waals surface area contributed by atoms with Crippen LogP contribution in [0.2, 0.25) is 0 Å². The van der Waals surface area contributed by atoms with Crippen molar-refractivity contribution in [3.8, 4) is 5.75 Å². The second-order valence-electron chi connectivity index (χ2n) is 5.91. The lowest BCUT2D eigenvalue weighted by Crippen LogP contribution is -2.20. The summed E-state index contributed by atoms with van der Waals surface area (Å²) in [5, 5.41) is 3.88. The van der Waals surface area contributed by atoms with Gasteiger partial charge in [-0.05, 0) is 56.2 Å². The van der Waals surface area contributed by atoms with E-state index >= 15 is 0 Å². The van der Waals surface area contributed by atoms with Gasteiger partial charge in [0.15, 0.2) is 6.61 Å². The van der Waals surface area contributed by atoms with Crippen LogP contribution in [0.1, 0.15) is 16.8 Å². The molecule has 1 heterocycles. The van der Waals surface area contributed by atoms with E-state index < -0.39 is 0 Å². The van der Waals surface area contributed by atoms with Gasteiger partial charge in [-0.15, -0.1) is 0 Å². The van der Waals surface area contributed by atoms with Gasteiger partial charge in [0, 0.05) is 11.1 Å². The summed E-state index contributed by atoms with van der Waals surface area (Å²) >= 11 is 0. The van der Waals surface area contributed by atoms with Crippen molar-refractivity contribution >= 4 is 22.5 Å². The van der Waals surface area contributed by atoms with Crippen LogP contribution < -0.4 is 10.1 Å². The topological polar surface area (TPSA) is 51.2 Å². The number of aromatic nitrogens is 1. The van der Waals surface area contributed by atoms with Gasteiger partial charge in [-0.1, -0.05) is 24.3 Å². The van der Waals surface area contributed by atoms with Crippen molar-refractivity contribution in [1.82, 2.24) is 4.98 Å². The Hall–Kier alpha value is -2.88. The van der Waals surface area contributed by atoms with E-state index in [-0.39, 0.29) is 12.5 Å². The largest absolute Gasteiger partial charge is 0.484 e. The van der Waals surface area contributed by atoms with Crippen LogP contribution in [0.4, 0.5) is 5.69 Å². The quantitative estimate of drug-likeness (QED) is 0.784. The summed E-state index contributed by atoms with van der Waals surface area (Å²) in [6.07, 6.45) is 0. The molecule has 0 bridgehead atoms. The number of carbonyl (C=O) groups is 1. The summed E-state index contributed by atoms with van der Waals surface area (Å²) in [6, 6.07) is 15.5. The monoisotopic (exact) mass is 320 g/mol. The minimum Gasteiger partial charge on any atom is -0.484 e. The van der Waals surface area contributed by atoms with E-state index in [4.69, 9.17) is 4.74 Å². The van der Waals surface area contributed by atoms with Gasteiger partial charge in [-0.2, -0.15) is 0 Å². The fraction of sp³-hybridized carbons (Fsp3) is 0.200. The fourth-order valence-electron chi connectivity index (χ4n) is 2.48. The number of nitrogens with one attached hydrogen (secondary N) is 1. The zero-order chi connectivity index (χ0) is 17.1. The van der Waals surface area contributed by atoms with Crippen LogP contribution >= 0.6 is 0 Å². The Balaban J connectivity index is 1.71. The van der Waals surface area contributed by atoms with Crippen molar-refractivity contribution in [2.75, 3.05) is 11.9 Å². The number of rotatable bonds is 4. The SMILES string of the molecule is Cc1ccc2cccc(NC(=O)COc3ccc(C)c(C)c3)c2n1. The minimum absolute atomic E-state index is 0.0370. The average Bonchev–Trinajstić information content (AvgIpc) is 2.56. The predicted molar refractivity (Wildman–Crippen MR) is 96.5 cm³/mol. The molecule has 24 heavy (non-hydrogen) atoms. The Labute approximate surface area is 141 Å². The number of hydrogen-bond acceptors (Lipinski definition) is 3. The normalized spacial score (nSPS) is 10.6. The first-order valence-corrected chi connectivity index (χ1v) is 7.89. The molecule has 1 amide bonds. The van der Waals surface area contributed by atoms with Crippen LogP contribution in [0.5, 0.6) is 5.75 Å². The number of amides is 1. The van der Waals surface area contributed by atoms with Crippen molar-refractivity contribution < 1.29 is 9.53 Å². The molecule has 3 rings (SSSR count). The van der Waals surface area contributed by atoms with Crippen molar-refractivity contribution in [2.45, 2.75) is 20.8 Å². The minimum atomic E-state index is -0.205. The highest BCUT2D eigenvalue weighted by atomic mass is 16.5. The Kier molecular flexibility index (Phi) is 4.47. The molecule has 2 aromatic carbocycles. The molecule has 0 aliphatic heterocycles. The highest BCUT2D eigenvalue weighted by Gasteiger charge is 2.08. The molecule has 4 heteroatoms. The van der Waals surface area contributed by atoms with Crippen LogP contribution in [-0.4, -0.2) is 17.5 Å². The number of fused-ring (bicyclic) bond motifs is 1. The van der Waals surface area contributed by atoms with E-state index in [0.29, 0.717) is 11.4 Å². The van der Waals surface area contributed by atoms with Crippen LogP contribution in [0.3, 0.4) is 0 Å². The molecular formula is C20H20N2O2. The second kappa shape index (κ2) is 6.71. The standard InChI is InChI=1S/C20H20N2O2/c1-13-7-10-17(11-14(13)2)24-12-19(23)22-18-6-4-5-16-9-8-15(3)21-20(16)18/h4-11H,12H2,1-3H3,(H,22,23). The third-order valence-electron chi connectivity index (χ3n) is 3.98. The zero-order valence-corrected chi connectivity index (χ0v) is 14.1. The molecule has 0 saturated carbocycles. The van der Waals surface area contributed by atoms with Gasteiger partial charge >= 0.3 is 0 Å². The molecule has 0 radical (unpaired) electrons. The lowest BCUT2D eigenvalue weighted by atomic mass is 10.1.